The van der Waals surface area contributed by atoms with Crippen LogP contribution in [-0.2, 0) is 4.74 Å². The third-order valence-electron chi connectivity index (χ3n) is 6.20. The fourth-order valence-electron chi connectivity index (χ4n) is 4.90. The van der Waals surface area contributed by atoms with E-state index in [1.807, 2.05) is 6.08 Å². The van der Waals surface area contributed by atoms with Crippen molar-refractivity contribution in [1.29, 1.82) is 0 Å². The number of hydrogen-bond acceptors (Lipinski definition) is 2. The van der Waals surface area contributed by atoms with E-state index in [1.165, 1.54) is 19.3 Å². The molecule has 2 nitrogen and oxygen atoms in total. The van der Waals surface area contributed by atoms with Crippen molar-refractivity contribution in [2.24, 2.45) is 17.3 Å². The maximum Gasteiger partial charge on any atom is 0.0548 e. The summed E-state index contributed by atoms with van der Waals surface area (Å²) in [4.78, 5) is 2.60. The van der Waals surface area contributed by atoms with Gasteiger partial charge in [-0.1, -0.05) is 36.2 Å². The summed E-state index contributed by atoms with van der Waals surface area (Å²) in [5.41, 5.74) is 0.0966. The van der Waals surface area contributed by atoms with Gasteiger partial charge in [-0.3, -0.25) is 0 Å². The molecule has 5 atom stereocenters. The lowest BCUT2D eigenvalue weighted by Gasteiger charge is -2.50. The first-order valence-electron chi connectivity index (χ1n) is 8.49. The van der Waals surface area contributed by atoms with Crippen molar-refractivity contribution in [3.63, 3.8) is 0 Å². The second-order valence-electron chi connectivity index (χ2n) is 7.40. The molecule has 3 aliphatic rings. The van der Waals surface area contributed by atoms with Crippen molar-refractivity contribution in [3.05, 3.63) is 22.2 Å². The molecule has 2 saturated heterocycles. The first kappa shape index (κ1) is 16.8. The summed E-state index contributed by atoms with van der Waals surface area (Å²) in [7, 11) is 2.29. The number of nitrogens with zero attached hydrogens (tertiary/aromatic N) is 1. The first-order valence-corrected chi connectivity index (χ1v) is 9.25. The van der Waals surface area contributed by atoms with Crippen LogP contribution in [0.15, 0.2) is 22.2 Å². The molecule has 2 aliphatic heterocycles. The molecule has 2 fully saturated rings. The predicted octanol–water partition coefficient (Wildman–Crippen LogP) is 4.78. The topological polar surface area (TPSA) is 12.5 Å². The van der Waals surface area contributed by atoms with E-state index in [1.54, 1.807) is 0 Å². The predicted molar refractivity (Wildman–Crippen MR) is 93.3 cm³/mol. The third-order valence-corrected chi connectivity index (χ3v) is 6.99. The van der Waals surface area contributed by atoms with Gasteiger partial charge in [0.2, 0.25) is 0 Å². The fourth-order valence-corrected chi connectivity index (χ4v) is 5.38. The van der Waals surface area contributed by atoms with Gasteiger partial charge < -0.3 is 9.64 Å². The van der Waals surface area contributed by atoms with Crippen LogP contribution in [0.2, 0.25) is 0 Å². The molecule has 0 aromatic heterocycles. The Morgan fingerprint density at radius 3 is 2.82 bits per heavy atom. The lowest BCUT2D eigenvalue weighted by Crippen LogP contribution is -2.52. The second-order valence-corrected chi connectivity index (χ2v) is 8.26. The molecule has 1 unspecified atom stereocenters. The average Bonchev–Trinajstić information content (AvgIpc) is 2.72. The van der Waals surface area contributed by atoms with Gasteiger partial charge in [0.05, 0.1) is 11.6 Å². The average molecular weight is 344 g/mol. The Labute approximate surface area is 144 Å². The Morgan fingerprint density at radius 2 is 2.14 bits per heavy atom. The van der Waals surface area contributed by atoms with E-state index < -0.39 is 0 Å². The second kappa shape index (κ2) is 6.47. The summed E-state index contributed by atoms with van der Waals surface area (Å²) in [6.07, 6.45) is 9.04. The summed E-state index contributed by atoms with van der Waals surface area (Å²) >= 11 is 12.6. The summed E-state index contributed by atoms with van der Waals surface area (Å²) in [5.74, 6) is 1.20. The molecular formula is C18H27Cl2NO. The number of hydrogen-bond donors (Lipinski definition) is 0. The molecule has 2 bridgehead atoms. The number of halogens is 2. The van der Waals surface area contributed by atoms with Gasteiger partial charge >= 0.3 is 0 Å². The smallest absolute Gasteiger partial charge is 0.0548 e. The minimum atomic E-state index is 0.0966. The SMILES string of the molecule is CCOC[C@H]1[C@H]2CC[C@@H](C[C@@H]1C1(C)C=CC(Cl)=C(Cl)C1)N2C. The molecule has 0 aromatic rings. The Morgan fingerprint density at radius 1 is 1.36 bits per heavy atom. The molecule has 3 rings (SSSR count). The highest BCUT2D eigenvalue weighted by Gasteiger charge is 2.51. The molecule has 124 valence electrons. The Bertz CT molecular complexity index is 489. The van der Waals surface area contributed by atoms with Crippen molar-refractivity contribution in [3.8, 4) is 0 Å². The molecule has 0 amide bonds. The normalized spacial score (nSPS) is 42.2. The number of ether oxygens (including phenoxy) is 1. The van der Waals surface area contributed by atoms with Crippen LogP contribution in [0, 0.1) is 17.3 Å². The van der Waals surface area contributed by atoms with E-state index in [0.29, 0.717) is 22.9 Å². The number of fused-ring (bicyclic) bond motifs is 2. The summed E-state index contributed by atoms with van der Waals surface area (Å²) < 4.78 is 5.86. The zero-order chi connectivity index (χ0) is 15.9. The van der Waals surface area contributed by atoms with Gasteiger partial charge in [-0.25, -0.2) is 0 Å². The van der Waals surface area contributed by atoms with E-state index in [4.69, 9.17) is 27.9 Å². The van der Waals surface area contributed by atoms with E-state index in [2.05, 4.69) is 31.9 Å². The van der Waals surface area contributed by atoms with Crippen molar-refractivity contribution in [2.75, 3.05) is 20.3 Å². The van der Waals surface area contributed by atoms with Crippen LogP contribution in [0.4, 0.5) is 0 Å². The van der Waals surface area contributed by atoms with Crippen molar-refractivity contribution in [1.82, 2.24) is 4.90 Å². The Hall–Kier alpha value is -0.0200. The molecule has 1 aliphatic carbocycles. The molecule has 0 spiro atoms. The van der Waals surface area contributed by atoms with Gasteiger partial charge in [-0.15, -0.1) is 0 Å². The lowest BCUT2D eigenvalue weighted by molar-refractivity contribution is -0.0312. The van der Waals surface area contributed by atoms with Crippen LogP contribution in [0.3, 0.4) is 0 Å². The van der Waals surface area contributed by atoms with Gasteiger partial charge in [0, 0.05) is 29.6 Å². The van der Waals surface area contributed by atoms with Crippen molar-refractivity contribution in [2.45, 2.75) is 51.6 Å². The first-order chi connectivity index (χ1) is 10.5. The monoisotopic (exact) mass is 343 g/mol. The molecule has 0 saturated carbocycles. The molecular weight excluding hydrogens is 317 g/mol. The van der Waals surface area contributed by atoms with Gasteiger partial charge in [-0.2, -0.15) is 0 Å². The van der Waals surface area contributed by atoms with Gasteiger partial charge in [0.25, 0.3) is 0 Å². The quantitative estimate of drug-likeness (QED) is 0.728. The molecule has 2 heterocycles. The van der Waals surface area contributed by atoms with E-state index in [9.17, 15) is 0 Å². The van der Waals surface area contributed by atoms with Gasteiger partial charge in [0.1, 0.15) is 0 Å². The van der Waals surface area contributed by atoms with Crippen LogP contribution in [0.25, 0.3) is 0 Å². The van der Waals surface area contributed by atoms with Crippen LogP contribution >= 0.6 is 23.2 Å². The van der Waals surface area contributed by atoms with Gasteiger partial charge in [-0.05, 0) is 57.1 Å². The lowest BCUT2D eigenvalue weighted by atomic mass is 9.62. The highest BCUT2D eigenvalue weighted by molar-refractivity contribution is 6.40. The van der Waals surface area contributed by atoms with Crippen LogP contribution < -0.4 is 0 Å². The highest BCUT2D eigenvalue weighted by atomic mass is 35.5. The molecule has 22 heavy (non-hydrogen) atoms. The zero-order valence-corrected chi connectivity index (χ0v) is 15.3. The molecule has 0 radical (unpaired) electrons. The summed E-state index contributed by atoms with van der Waals surface area (Å²) in [6.45, 7) is 6.09. The van der Waals surface area contributed by atoms with E-state index in [-0.39, 0.29) is 5.41 Å². The standard InChI is InChI=1S/C18H27Cl2NO/c1-4-22-11-13-14(9-12-5-6-17(13)21(12)3)18(2)8-7-15(19)16(20)10-18/h7-8,12-14,17H,4-6,9-11H2,1-3H3/t12-,13+,14-,17+,18?/m0/s1. The molecule has 0 aromatic carbocycles. The van der Waals surface area contributed by atoms with Crippen molar-refractivity contribution < 1.29 is 4.74 Å². The Kier molecular flexibility index (Phi) is 4.95. The molecule has 4 heteroatoms. The minimum Gasteiger partial charge on any atom is -0.381 e. The van der Waals surface area contributed by atoms with Crippen LogP contribution in [0.5, 0.6) is 0 Å². The van der Waals surface area contributed by atoms with Crippen molar-refractivity contribution >= 4 is 23.2 Å². The zero-order valence-electron chi connectivity index (χ0n) is 13.8. The van der Waals surface area contributed by atoms with E-state index in [0.717, 1.165) is 30.7 Å². The Balaban J connectivity index is 1.86. The maximum absolute atomic E-state index is 6.39. The van der Waals surface area contributed by atoms with Gasteiger partial charge in [0.15, 0.2) is 0 Å². The summed E-state index contributed by atoms with van der Waals surface area (Å²) in [5, 5.41) is 1.52. The largest absolute Gasteiger partial charge is 0.381 e. The number of allylic oxidation sites excluding steroid dienone is 4. The number of piperidine rings is 1. The van der Waals surface area contributed by atoms with Crippen LogP contribution in [-0.4, -0.2) is 37.2 Å². The maximum atomic E-state index is 6.39. The van der Waals surface area contributed by atoms with Crippen LogP contribution in [0.1, 0.15) is 39.5 Å². The van der Waals surface area contributed by atoms with E-state index >= 15 is 0 Å². The molecule has 0 N–H and O–H groups in total. The number of rotatable bonds is 4. The third kappa shape index (κ3) is 2.88. The minimum absolute atomic E-state index is 0.0966. The highest BCUT2D eigenvalue weighted by Crippen LogP contribution is 2.53. The summed E-state index contributed by atoms with van der Waals surface area (Å²) in [6, 6.07) is 1.37. The fraction of sp³-hybridized carbons (Fsp3) is 0.778.